The predicted octanol–water partition coefficient (Wildman–Crippen LogP) is 0.710. The molecule has 1 unspecified atom stereocenters. The molecule has 2 heterocycles. The molecular formula is C17H17N2O6+. The van der Waals surface area contributed by atoms with Crippen molar-refractivity contribution in [3.63, 3.8) is 0 Å². The van der Waals surface area contributed by atoms with Gasteiger partial charge in [-0.1, -0.05) is 0 Å². The second-order valence-corrected chi connectivity index (χ2v) is 5.91. The number of aliphatic carboxylic acids is 2. The first kappa shape index (κ1) is 16.6. The molecule has 130 valence electrons. The van der Waals surface area contributed by atoms with Crippen LogP contribution in [0.2, 0.25) is 0 Å². The molecule has 2 aliphatic heterocycles. The fraction of sp³-hybridized carbons (Fsp3) is 0.235. The smallest absolute Gasteiger partial charge is 0.351 e. The minimum atomic E-state index is -1.22. The molecule has 1 aromatic rings. The molecule has 0 aromatic heterocycles. The third kappa shape index (κ3) is 3.32. The van der Waals surface area contributed by atoms with Crippen LogP contribution < -0.4 is 5.32 Å². The van der Waals surface area contributed by atoms with Gasteiger partial charge in [0, 0.05) is 24.5 Å². The van der Waals surface area contributed by atoms with Crippen LogP contribution in [0.15, 0.2) is 35.6 Å². The number of benzene rings is 1. The monoisotopic (exact) mass is 345 g/mol. The quantitative estimate of drug-likeness (QED) is 0.403. The minimum absolute atomic E-state index is 0.157. The summed E-state index contributed by atoms with van der Waals surface area (Å²) in [6.07, 6.45) is 5.64. The second kappa shape index (κ2) is 6.31. The molecule has 0 aliphatic carbocycles. The Balaban J connectivity index is 1.92. The molecule has 1 atom stereocenters. The van der Waals surface area contributed by atoms with E-state index in [4.69, 9.17) is 10.2 Å². The van der Waals surface area contributed by atoms with E-state index < -0.39 is 18.0 Å². The van der Waals surface area contributed by atoms with Gasteiger partial charge in [0.25, 0.3) is 0 Å². The third-order valence-corrected chi connectivity index (χ3v) is 4.20. The molecule has 0 bridgehead atoms. The third-order valence-electron chi connectivity index (χ3n) is 4.20. The van der Waals surface area contributed by atoms with Crippen molar-refractivity contribution >= 4 is 23.8 Å². The number of aromatic hydroxyl groups is 2. The van der Waals surface area contributed by atoms with Crippen molar-refractivity contribution in [3.8, 4) is 11.5 Å². The molecule has 0 spiro atoms. The van der Waals surface area contributed by atoms with Gasteiger partial charge >= 0.3 is 11.9 Å². The van der Waals surface area contributed by atoms with Gasteiger partial charge in [-0.3, -0.25) is 0 Å². The van der Waals surface area contributed by atoms with Gasteiger partial charge in [0.1, 0.15) is 11.7 Å². The lowest BCUT2D eigenvalue weighted by Crippen LogP contribution is -2.41. The molecule has 2 aliphatic rings. The average molecular weight is 345 g/mol. The van der Waals surface area contributed by atoms with E-state index in [-0.39, 0.29) is 23.6 Å². The molecule has 8 heteroatoms. The molecule has 25 heavy (non-hydrogen) atoms. The lowest BCUT2D eigenvalue weighted by Gasteiger charge is -2.21. The Hall–Kier alpha value is -3.29. The maximum Gasteiger partial charge on any atom is 0.351 e. The van der Waals surface area contributed by atoms with Crippen molar-refractivity contribution in [2.45, 2.75) is 18.9 Å². The van der Waals surface area contributed by atoms with Crippen LogP contribution in [0.3, 0.4) is 0 Å². The maximum absolute atomic E-state index is 11.2. The van der Waals surface area contributed by atoms with Gasteiger partial charge in [-0.25, -0.2) is 9.59 Å². The van der Waals surface area contributed by atoms with Crippen LogP contribution in [0.4, 0.5) is 5.69 Å². The van der Waals surface area contributed by atoms with Crippen LogP contribution in [-0.4, -0.2) is 55.7 Å². The molecule has 0 radical (unpaired) electrons. The zero-order chi connectivity index (χ0) is 18.1. The van der Waals surface area contributed by atoms with E-state index >= 15 is 0 Å². The van der Waals surface area contributed by atoms with Gasteiger partial charge < -0.3 is 25.7 Å². The molecule has 1 aromatic carbocycles. The van der Waals surface area contributed by atoms with E-state index in [1.54, 1.807) is 12.3 Å². The van der Waals surface area contributed by atoms with Gasteiger partial charge in [0.15, 0.2) is 24.3 Å². The first-order valence-corrected chi connectivity index (χ1v) is 7.65. The Bertz CT molecular complexity index is 853. The summed E-state index contributed by atoms with van der Waals surface area (Å²) in [5.74, 6) is -2.73. The largest absolute Gasteiger partial charge is 0.504 e. The van der Waals surface area contributed by atoms with Crippen molar-refractivity contribution in [2.75, 3.05) is 6.54 Å². The summed E-state index contributed by atoms with van der Waals surface area (Å²) in [5.41, 5.74) is 2.04. The number of allylic oxidation sites excluding steroid dienone is 2. The van der Waals surface area contributed by atoms with Crippen LogP contribution in [0, 0.1) is 0 Å². The predicted molar refractivity (Wildman–Crippen MR) is 87.3 cm³/mol. The topological polar surface area (TPSA) is 130 Å². The number of phenols is 2. The van der Waals surface area contributed by atoms with Crippen molar-refractivity contribution in [1.29, 1.82) is 0 Å². The number of rotatable bonds is 3. The van der Waals surface area contributed by atoms with Gasteiger partial charge in [-0.05, 0) is 17.7 Å². The number of phenolic OH excluding ortho intramolecular Hbond substituents is 2. The van der Waals surface area contributed by atoms with Gasteiger partial charge in [0.2, 0.25) is 5.69 Å². The Morgan fingerprint density at radius 1 is 1.20 bits per heavy atom. The Labute approximate surface area is 142 Å². The Morgan fingerprint density at radius 3 is 2.60 bits per heavy atom. The summed E-state index contributed by atoms with van der Waals surface area (Å²) < 4.78 is 1.85. The highest BCUT2D eigenvalue weighted by molar-refractivity contribution is 5.89. The highest BCUT2D eigenvalue weighted by Gasteiger charge is 2.28. The fourth-order valence-corrected chi connectivity index (χ4v) is 2.93. The number of carboxylic acids is 2. The van der Waals surface area contributed by atoms with E-state index in [1.807, 2.05) is 4.58 Å². The normalized spacial score (nSPS) is 22.4. The highest BCUT2D eigenvalue weighted by Crippen LogP contribution is 2.36. The molecular weight excluding hydrogens is 328 g/mol. The minimum Gasteiger partial charge on any atom is -0.504 e. The van der Waals surface area contributed by atoms with Crippen molar-refractivity contribution < 1.29 is 34.6 Å². The molecule has 8 nitrogen and oxygen atoms in total. The summed E-state index contributed by atoms with van der Waals surface area (Å²) >= 11 is 0. The fourth-order valence-electron chi connectivity index (χ4n) is 2.93. The zero-order valence-corrected chi connectivity index (χ0v) is 13.1. The first-order chi connectivity index (χ1) is 11.8. The summed E-state index contributed by atoms with van der Waals surface area (Å²) in [5, 5.41) is 39.9. The standard InChI is InChI=1S/C17H16N2O6/c20-14-7-10-2-4-19(13(10)8-15(14)21)3-1-9-5-11(16(22)23)18-12(6-9)17(24)25/h1,3,5,7-8,12H,2,4,6H2,(H4,20,21,22,23,24,25)/p+1. The average Bonchev–Trinajstić information content (AvgIpc) is 2.95. The Morgan fingerprint density at radius 2 is 1.92 bits per heavy atom. The van der Waals surface area contributed by atoms with Crippen LogP contribution in [0.1, 0.15) is 12.0 Å². The van der Waals surface area contributed by atoms with Gasteiger partial charge in [-0.15, -0.1) is 0 Å². The SMILES string of the molecule is O=C(O)C1=C/C(=C/C=[N+]2CCc3cc(O)c(O)cc32)CC(C(=O)O)N1. The van der Waals surface area contributed by atoms with Crippen molar-refractivity contribution in [2.24, 2.45) is 0 Å². The van der Waals surface area contributed by atoms with E-state index in [0.717, 1.165) is 11.3 Å². The molecule has 5 N–H and O–H groups in total. The van der Waals surface area contributed by atoms with Gasteiger partial charge in [-0.2, -0.15) is 4.58 Å². The summed E-state index contributed by atoms with van der Waals surface area (Å²) in [6, 6.07) is 1.98. The van der Waals surface area contributed by atoms with E-state index in [0.29, 0.717) is 18.5 Å². The van der Waals surface area contributed by atoms with Crippen LogP contribution in [-0.2, 0) is 16.0 Å². The number of carboxylic acid groups (broad SMARTS) is 2. The number of fused-ring (bicyclic) bond motifs is 1. The van der Waals surface area contributed by atoms with E-state index in [1.165, 1.54) is 18.2 Å². The zero-order valence-electron chi connectivity index (χ0n) is 13.1. The lowest BCUT2D eigenvalue weighted by atomic mass is 10.00. The maximum atomic E-state index is 11.2. The Kier molecular flexibility index (Phi) is 4.18. The molecule has 0 saturated heterocycles. The number of hydrogen-bond donors (Lipinski definition) is 5. The van der Waals surface area contributed by atoms with Crippen molar-refractivity contribution in [3.05, 3.63) is 41.1 Å². The molecule has 3 rings (SSSR count). The first-order valence-electron chi connectivity index (χ1n) is 7.65. The molecule has 0 fully saturated rings. The van der Waals surface area contributed by atoms with Crippen molar-refractivity contribution in [1.82, 2.24) is 5.32 Å². The number of nitrogens with one attached hydrogen (secondary N) is 1. The summed E-state index contributed by atoms with van der Waals surface area (Å²) in [6.45, 7) is 0.637. The van der Waals surface area contributed by atoms with Gasteiger partial charge in [0.05, 0.1) is 6.07 Å². The number of hydrogen-bond acceptors (Lipinski definition) is 5. The highest BCUT2D eigenvalue weighted by atomic mass is 16.4. The molecule has 0 saturated carbocycles. The summed E-state index contributed by atoms with van der Waals surface area (Å²) in [7, 11) is 0. The van der Waals surface area contributed by atoms with Crippen LogP contribution in [0.5, 0.6) is 11.5 Å². The summed E-state index contributed by atoms with van der Waals surface area (Å²) in [4.78, 5) is 22.3. The van der Waals surface area contributed by atoms with E-state index in [9.17, 15) is 19.8 Å². The molecule has 0 amide bonds. The van der Waals surface area contributed by atoms with Crippen LogP contribution >= 0.6 is 0 Å². The lowest BCUT2D eigenvalue weighted by molar-refractivity contribution is -0.423. The van der Waals surface area contributed by atoms with Crippen LogP contribution in [0.25, 0.3) is 0 Å². The second-order valence-electron chi connectivity index (χ2n) is 5.91. The van der Waals surface area contributed by atoms with E-state index in [2.05, 4.69) is 5.32 Å². The number of nitrogens with zero attached hydrogens (tertiary/aromatic N) is 1. The number of carbonyl (C=O) groups is 2.